The van der Waals surface area contributed by atoms with Gasteiger partial charge in [0.05, 0.1) is 9.79 Å². The molecule has 2 aromatic rings. The van der Waals surface area contributed by atoms with Gasteiger partial charge >= 0.3 is 0 Å². The van der Waals surface area contributed by atoms with Crippen LogP contribution in [0.15, 0.2) is 46.2 Å². The van der Waals surface area contributed by atoms with Gasteiger partial charge in [0, 0.05) is 0 Å². The highest BCUT2D eigenvalue weighted by Gasteiger charge is 2.20. The second kappa shape index (κ2) is 8.11. The molecule has 0 saturated carbocycles. The lowest BCUT2D eigenvalue weighted by atomic mass is 10.2. The highest BCUT2D eigenvalue weighted by Crippen LogP contribution is 2.29. The van der Waals surface area contributed by atoms with Crippen LogP contribution in [0.4, 0.5) is 0 Å². The van der Waals surface area contributed by atoms with Crippen LogP contribution in [0, 0.1) is 36.5 Å². The molecule has 7 heteroatoms. The van der Waals surface area contributed by atoms with Crippen molar-refractivity contribution in [2.45, 2.75) is 49.7 Å². The zero-order valence-corrected chi connectivity index (χ0v) is 16.4. The largest absolute Gasteiger partial charge is 0.476 e. The lowest BCUT2D eigenvalue weighted by Gasteiger charge is -2.14. The third kappa shape index (κ3) is 4.58. The molecule has 0 unspecified atom stereocenters. The fraction of sp³-hybridized carbons (Fsp3) is 0.300. The molecule has 0 bridgehead atoms. The second-order valence-electron chi connectivity index (χ2n) is 6.14. The zero-order valence-electron chi connectivity index (χ0n) is 15.6. The van der Waals surface area contributed by atoms with E-state index in [1.54, 1.807) is 39.8 Å². The predicted octanol–water partition coefficient (Wildman–Crippen LogP) is 3.72. The van der Waals surface area contributed by atoms with Gasteiger partial charge in [-0.2, -0.15) is 10.5 Å². The number of nitrogens with zero attached hydrogens (tertiary/aromatic N) is 2. The number of hydrogen-bond donors (Lipinski definition) is 0. The summed E-state index contributed by atoms with van der Waals surface area (Å²) >= 11 is 0. The van der Waals surface area contributed by atoms with Crippen molar-refractivity contribution in [1.82, 2.24) is 0 Å². The van der Waals surface area contributed by atoms with Crippen LogP contribution >= 0.6 is 0 Å². The number of nitriles is 2. The fourth-order valence-electron chi connectivity index (χ4n) is 2.41. The second-order valence-corrected chi connectivity index (χ2v) is 8.09. The van der Waals surface area contributed by atoms with Crippen molar-refractivity contribution in [1.29, 1.82) is 10.5 Å². The molecule has 0 aliphatic carbocycles. The molecule has 0 saturated heterocycles. The number of hydrogen-bond acceptors (Lipinski definition) is 6. The van der Waals surface area contributed by atoms with Gasteiger partial charge in [-0.05, 0) is 75.2 Å². The van der Waals surface area contributed by atoms with E-state index in [0.717, 1.165) is 0 Å². The molecule has 2 rings (SSSR count). The van der Waals surface area contributed by atoms with Crippen LogP contribution in [-0.2, 0) is 9.84 Å². The van der Waals surface area contributed by atoms with Crippen molar-refractivity contribution in [3.05, 3.63) is 47.5 Å². The van der Waals surface area contributed by atoms with E-state index in [4.69, 9.17) is 20.0 Å². The van der Waals surface area contributed by atoms with Gasteiger partial charge in [0.15, 0.2) is 12.2 Å². The van der Waals surface area contributed by atoms with E-state index in [0.29, 0.717) is 22.6 Å². The molecule has 0 amide bonds. The van der Waals surface area contributed by atoms with Crippen molar-refractivity contribution in [3.63, 3.8) is 0 Å². The van der Waals surface area contributed by atoms with Gasteiger partial charge in [0.1, 0.15) is 23.6 Å². The molecule has 0 aliphatic rings. The van der Waals surface area contributed by atoms with Crippen molar-refractivity contribution in [2.75, 3.05) is 0 Å². The first kappa shape index (κ1) is 20.3. The summed E-state index contributed by atoms with van der Waals surface area (Å²) in [5, 5.41) is 17.7. The molecule has 0 fully saturated rings. The van der Waals surface area contributed by atoms with Crippen LogP contribution in [-0.4, -0.2) is 20.6 Å². The molecule has 140 valence electrons. The lowest BCUT2D eigenvalue weighted by Crippen LogP contribution is -2.10. The molecule has 0 spiro atoms. The maximum absolute atomic E-state index is 12.9. The lowest BCUT2D eigenvalue weighted by molar-refractivity contribution is 0.274. The number of rotatable bonds is 6. The Kier molecular flexibility index (Phi) is 6.09. The summed E-state index contributed by atoms with van der Waals surface area (Å²) in [4.78, 5) is 0.269. The Labute approximate surface area is 159 Å². The Morgan fingerprint density at radius 3 is 1.48 bits per heavy atom. The minimum Gasteiger partial charge on any atom is -0.476 e. The van der Waals surface area contributed by atoms with Gasteiger partial charge < -0.3 is 9.47 Å². The summed E-state index contributed by atoms with van der Waals surface area (Å²) in [5.41, 5.74) is 1.25. The van der Waals surface area contributed by atoms with E-state index in [-0.39, 0.29) is 9.79 Å². The molecule has 0 aromatic heterocycles. The van der Waals surface area contributed by atoms with Gasteiger partial charge in [-0.1, -0.05) is 0 Å². The number of benzene rings is 2. The van der Waals surface area contributed by atoms with Gasteiger partial charge in [-0.25, -0.2) is 8.42 Å². The maximum Gasteiger partial charge on any atom is 0.206 e. The van der Waals surface area contributed by atoms with Crippen LogP contribution in [0.2, 0.25) is 0 Å². The fourth-order valence-corrected chi connectivity index (χ4v) is 3.84. The van der Waals surface area contributed by atoms with E-state index >= 15 is 0 Å². The average molecular weight is 384 g/mol. The van der Waals surface area contributed by atoms with Crippen molar-refractivity contribution < 1.29 is 17.9 Å². The van der Waals surface area contributed by atoms with Crippen molar-refractivity contribution >= 4 is 9.84 Å². The summed E-state index contributed by atoms with van der Waals surface area (Å²) in [6.07, 6.45) is -1.26. The minimum atomic E-state index is -3.73. The Bertz CT molecular complexity index is 955. The highest BCUT2D eigenvalue weighted by atomic mass is 32.2. The third-order valence-corrected chi connectivity index (χ3v) is 5.63. The standard InChI is InChI=1S/C20H20N2O4S/c1-13-9-17(5-7-19(13)25-15(3)11-21)27(23,24)18-6-8-20(14(2)10-18)26-16(4)12-22/h5-10,15-16H,1-4H3/t15-,16-/m1/s1. The molecule has 2 aromatic carbocycles. The monoisotopic (exact) mass is 384 g/mol. The Balaban J connectivity index is 2.36. The van der Waals surface area contributed by atoms with Crippen LogP contribution in [0.1, 0.15) is 25.0 Å². The van der Waals surface area contributed by atoms with Gasteiger partial charge in [0.25, 0.3) is 0 Å². The maximum atomic E-state index is 12.9. The first-order valence-electron chi connectivity index (χ1n) is 8.28. The zero-order chi connectivity index (χ0) is 20.2. The molecular formula is C20H20N2O4S. The molecule has 0 aliphatic heterocycles. The van der Waals surface area contributed by atoms with Crippen LogP contribution in [0.3, 0.4) is 0 Å². The molecule has 0 radical (unpaired) electrons. The molecule has 2 atom stereocenters. The number of aryl methyl sites for hydroxylation is 2. The van der Waals surface area contributed by atoms with Crippen molar-refractivity contribution in [2.24, 2.45) is 0 Å². The predicted molar refractivity (Wildman–Crippen MR) is 99.2 cm³/mol. The SMILES string of the molecule is Cc1cc(S(=O)(=O)c2ccc(O[C@H](C)C#N)c(C)c2)ccc1O[C@H](C)C#N. The van der Waals surface area contributed by atoms with E-state index < -0.39 is 22.0 Å². The van der Waals surface area contributed by atoms with E-state index in [2.05, 4.69) is 0 Å². The minimum absolute atomic E-state index is 0.135. The summed E-state index contributed by atoms with van der Waals surface area (Å²) in [5.74, 6) is 0.932. The van der Waals surface area contributed by atoms with Gasteiger partial charge in [-0.3, -0.25) is 0 Å². The molecule has 0 N–H and O–H groups in total. The summed E-state index contributed by atoms with van der Waals surface area (Å²) in [7, 11) is -3.73. The Morgan fingerprint density at radius 1 is 0.815 bits per heavy atom. The van der Waals surface area contributed by atoms with Crippen LogP contribution in [0.25, 0.3) is 0 Å². The normalized spacial score (nSPS) is 13.1. The van der Waals surface area contributed by atoms with Gasteiger partial charge in [-0.15, -0.1) is 0 Å². The molecule has 0 heterocycles. The molecular weight excluding hydrogens is 364 g/mol. The van der Waals surface area contributed by atoms with Gasteiger partial charge in [0.2, 0.25) is 9.84 Å². The smallest absolute Gasteiger partial charge is 0.206 e. The summed E-state index contributed by atoms with van der Waals surface area (Å²) in [6, 6.07) is 13.0. The quantitative estimate of drug-likeness (QED) is 0.752. The highest BCUT2D eigenvalue weighted by molar-refractivity contribution is 7.91. The van der Waals surface area contributed by atoms with Crippen LogP contribution in [0.5, 0.6) is 11.5 Å². The first-order valence-corrected chi connectivity index (χ1v) is 9.76. The molecule has 27 heavy (non-hydrogen) atoms. The number of sulfone groups is 1. The summed E-state index contributed by atoms with van der Waals surface area (Å²) in [6.45, 7) is 6.68. The van der Waals surface area contributed by atoms with Crippen LogP contribution < -0.4 is 9.47 Å². The van der Waals surface area contributed by atoms with Crippen molar-refractivity contribution in [3.8, 4) is 23.6 Å². The number of ether oxygens (including phenoxy) is 2. The first-order chi connectivity index (χ1) is 12.7. The Hall–Kier alpha value is -3.03. The molecule has 6 nitrogen and oxygen atoms in total. The average Bonchev–Trinajstić information content (AvgIpc) is 2.64. The Morgan fingerprint density at radius 2 is 1.19 bits per heavy atom. The summed E-state index contributed by atoms with van der Waals surface area (Å²) < 4.78 is 36.8. The van der Waals surface area contributed by atoms with E-state index in [9.17, 15) is 8.42 Å². The topological polar surface area (TPSA) is 100 Å². The van der Waals surface area contributed by atoms with E-state index in [1.807, 2.05) is 12.1 Å². The van der Waals surface area contributed by atoms with E-state index in [1.165, 1.54) is 24.3 Å². The third-order valence-electron chi connectivity index (χ3n) is 3.88.